The van der Waals surface area contributed by atoms with Crippen LogP contribution in [-0.4, -0.2) is 24.1 Å². The lowest BCUT2D eigenvalue weighted by Gasteiger charge is -2.16. The summed E-state index contributed by atoms with van der Waals surface area (Å²) in [6.07, 6.45) is 7.18. The van der Waals surface area contributed by atoms with E-state index in [0.29, 0.717) is 18.9 Å². The van der Waals surface area contributed by atoms with E-state index in [2.05, 4.69) is 0 Å². The molecule has 22 heavy (non-hydrogen) atoms. The lowest BCUT2D eigenvalue weighted by Crippen LogP contribution is -2.16. The number of hydrogen-bond acceptors (Lipinski definition) is 4. The van der Waals surface area contributed by atoms with Crippen LogP contribution in [0.5, 0.6) is 0 Å². The molecule has 1 fully saturated rings. The smallest absolute Gasteiger partial charge is 0.305 e. The van der Waals surface area contributed by atoms with Gasteiger partial charge in [0.25, 0.3) is 0 Å². The third-order valence-corrected chi connectivity index (χ3v) is 4.80. The topological polar surface area (TPSA) is 60.4 Å². The Bertz CT molecular complexity index is 389. The molecule has 0 radical (unpaired) electrons. The van der Waals surface area contributed by atoms with Crippen molar-refractivity contribution in [2.24, 2.45) is 17.8 Å². The molecule has 0 N–H and O–H groups in total. The van der Waals surface area contributed by atoms with E-state index in [1.807, 2.05) is 6.92 Å². The Morgan fingerprint density at radius 1 is 0.955 bits per heavy atom. The fraction of sp³-hybridized carbons (Fsp3) is 0.833. The minimum atomic E-state index is -0.112. The molecule has 0 aliphatic heterocycles. The highest BCUT2D eigenvalue weighted by atomic mass is 16.5. The van der Waals surface area contributed by atoms with Crippen molar-refractivity contribution >= 4 is 17.5 Å². The maximum absolute atomic E-state index is 11.7. The fourth-order valence-electron chi connectivity index (χ4n) is 3.54. The van der Waals surface area contributed by atoms with Gasteiger partial charge in [0, 0.05) is 18.3 Å². The summed E-state index contributed by atoms with van der Waals surface area (Å²) in [4.78, 5) is 34.5. The minimum absolute atomic E-state index is 0.0773. The molecule has 1 aliphatic carbocycles. The van der Waals surface area contributed by atoms with Gasteiger partial charge in [0.1, 0.15) is 11.6 Å². The first kappa shape index (κ1) is 18.9. The maximum atomic E-state index is 11.7. The summed E-state index contributed by atoms with van der Waals surface area (Å²) >= 11 is 0. The second-order valence-electron chi connectivity index (χ2n) is 6.51. The molecule has 0 bridgehead atoms. The predicted molar refractivity (Wildman–Crippen MR) is 85.4 cm³/mol. The minimum Gasteiger partial charge on any atom is -0.466 e. The summed E-state index contributed by atoms with van der Waals surface area (Å²) in [6.45, 7) is 5.56. The van der Waals surface area contributed by atoms with Gasteiger partial charge in [0.2, 0.25) is 0 Å². The molecule has 0 saturated heterocycles. The lowest BCUT2D eigenvalue weighted by atomic mass is 9.88. The van der Waals surface area contributed by atoms with Gasteiger partial charge in [-0.25, -0.2) is 0 Å². The lowest BCUT2D eigenvalue weighted by molar-refractivity contribution is -0.143. The summed E-state index contributed by atoms with van der Waals surface area (Å²) in [5.74, 6) is 0.881. The van der Waals surface area contributed by atoms with Crippen molar-refractivity contribution in [2.75, 3.05) is 6.61 Å². The van der Waals surface area contributed by atoms with Gasteiger partial charge in [0.05, 0.1) is 6.61 Å². The van der Waals surface area contributed by atoms with Gasteiger partial charge in [0.15, 0.2) is 0 Å². The van der Waals surface area contributed by atoms with Gasteiger partial charge in [-0.3, -0.25) is 14.4 Å². The van der Waals surface area contributed by atoms with Crippen molar-refractivity contribution < 1.29 is 19.1 Å². The van der Waals surface area contributed by atoms with E-state index in [1.165, 1.54) is 0 Å². The Kier molecular flexibility index (Phi) is 8.36. The summed E-state index contributed by atoms with van der Waals surface area (Å²) in [6, 6.07) is 0. The number of esters is 1. The van der Waals surface area contributed by atoms with Crippen molar-refractivity contribution in [1.29, 1.82) is 0 Å². The van der Waals surface area contributed by atoms with Crippen molar-refractivity contribution in [2.45, 2.75) is 72.1 Å². The first-order chi connectivity index (χ1) is 10.5. The van der Waals surface area contributed by atoms with Crippen LogP contribution in [-0.2, 0) is 19.1 Å². The molecule has 3 unspecified atom stereocenters. The van der Waals surface area contributed by atoms with Crippen LogP contribution in [0.3, 0.4) is 0 Å². The number of carbonyl (C=O) groups is 3. The van der Waals surface area contributed by atoms with Gasteiger partial charge in [-0.15, -0.1) is 0 Å². The Balaban J connectivity index is 2.21. The van der Waals surface area contributed by atoms with Crippen LogP contribution in [0.2, 0.25) is 0 Å². The van der Waals surface area contributed by atoms with Crippen LogP contribution in [0, 0.1) is 17.8 Å². The molecule has 4 heteroatoms. The first-order valence-electron chi connectivity index (χ1n) is 8.62. The summed E-state index contributed by atoms with van der Waals surface area (Å²) in [7, 11) is 0. The third-order valence-electron chi connectivity index (χ3n) is 4.80. The molecule has 1 rings (SSSR count). The van der Waals surface area contributed by atoms with E-state index in [9.17, 15) is 14.4 Å². The molecule has 1 aliphatic rings. The van der Waals surface area contributed by atoms with E-state index in [0.717, 1.165) is 44.9 Å². The van der Waals surface area contributed by atoms with Crippen LogP contribution >= 0.6 is 0 Å². The summed E-state index contributed by atoms with van der Waals surface area (Å²) < 4.78 is 4.90. The molecule has 4 nitrogen and oxygen atoms in total. The van der Waals surface area contributed by atoms with Crippen molar-refractivity contribution in [3.8, 4) is 0 Å². The van der Waals surface area contributed by atoms with Crippen molar-refractivity contribution in [3.05, 3.63) is 0 Å². The van der Waals surface area contributed by atoms with Crippen LogP contribution in [0.15, 0.2) is 0 Å². The van der Waals surface area contributed by atoms with Crippen molar-refractivity contribution in [1.82, 2.24) is 0 Å². The van der Waals surface area contributed by atoms with Crippen LogP contribution in [0.25, 0.3) is 0 Å². The molecule has 0 spiro atoms. The standard InChI is InChI=1S/C18H30O4/c1-4-22-18(21)10-8-6-5-7-9-15-11-16(13(2)19)12-17(15)14(3)20/h15-17H,4-12H2,1-3H3. The van der Waals surface area contributed by atoms with Crippen LogP contribution < -0.4 is 0 Å². The van der Waals surface area contributed by atoms with E-state index in [1.54, 1.807) is 13.8 Å². The zero-order valence-electron chi connectivity index (χ0n) is 14.2. The number of unbranched alkanes of at least 4 members (excludes halogenated alkanes) is 3. The molecule has 3 atom stereocenters. The number of Topliss-reactive ketones (excluding diaryl/α,β-unsaturated/α-hetero) is 2. The predicted octanol–water partition coefficient (Wildman–Crippen LogP) is 3.71. The van der Waals surface area contributed by atoms with E-state index < -0.39 is 0 Å². The first-order valence-corrected chi connectivity index (χ1v) is 8.62. The third kappa shape index (κ3) is 6.29. The van der Waals surface area contributed by atoms with E-state index in [4.69, 9.17) is 4.74 Å². The summed E-state index contributed by atoms with van der Waals surface area (Å²) in [5, 5.41) is 0. The Labute approximate surface area is 134 Å². The molecular weight excluding hydrogens is 280 g/mol. The molecule has 0 heterocycles. The van der Waals surface area contributed by atoms with E-state index >= 15 is 0 Å². The van der Waals surface area contributed by atoms with Gasteiger partial charge < -0.3 is 4.74 Å². The van der Waals surface area contributed by atoms with Gasteiger partial charge in [-0.05, 0) is 52.4 Å². The van der Waals surface area contributed by atoms with Gasteiger partial charge in [-0.1, -0.05) is 19.3 Å². The molecule has 0 aromatic heterocycles. The molecule has 0 amide bonds. The number of ketones is 2. The average molecular weight is 310 g/mol. The van der Waals surface area contributed by atoms with E-state index in [-0.39, 0.29) is 29.4 Å². The van der Waals surface area contributed by atoms with Gasteiger partial charge in [-0.2, -0.15) is 0 Å². The summed E-state index contributed by atoms with van der Waals surface area (Å²) in [5.41, 5.74) is 0. The highest BCUT2D eigenvalue weighted by Gasteiger charge is 2.38. The van der Waals surface area contributed by atoms with Crippen LogP contribution in [0.1, 0.15) is 72.1 Å². The second-order valence-corrected chi connectivity index (χ2v) is 6.51. The highest BCUT2D eigenvalue weighted by Crippen LogP contribution is 2.40. The molecule has 126 valence electrons. The monoisotopic (exact) mass is 310 g/mol. The molecule has 0 aromatic carbocycles. The number of carbonyl (C=O) groups excluding carboxylic acids is 3. The van der Waals surface area contributed by atoms with Gasteiger partial charge >= 0.3 is 5.97 Å². The zero-order chi connectivity index (χ0) is 16.5. The SMILES string of the molecule is CCOC(=O)CCCCCCC1CC(C(C)=O)CC1C(C)=O. The van der Waals surface area contributed by atoms with Crippen molar-refractivity contribution in [3.63, 3.8) is 0 Å². The number of ether oxygens (including phenoxy) is 1. The van der Waals surface area contributed by atoms with Crippen LogP contribution in [0.4, 0.5) is 0 Å². The Morgan fingerprint density at radius 3 is 2.23 bits per heavy atom. The number of rotatable bonds is 10. The maximum Gasteiger partial charge on any atom is 0.305 e. The average Bonchev–Trinajstić information content (AvgIpc) is 2.87. The quantitative estimate of drug-likeness (QED) is 0.456. The Hall–Kier alpha value is -1.19. The number of hydrogen-bond donors (Lipinski definition) is 0. The molecule has 1 saturated carbocycles. The fourth-order valence-corrected chi connectivity index (χ4v) is 3.54. The molecule has 0 aromatic rings. The largest absolute Gasteiger partial charge is 0.466 e. The molecular formula is C18H30O4. The normalized spacial score (nSPS) is 24.2. The highest BCUT2D eigenvalue weighted by molar-refractivity contribution is 5.83. The second kappa shape index (κ2) is 9.75. The zero-order valence-corrected chi connectivity index (χ0v) is 14.2. The Morgan fingerprint density at radius 2 is 1.64 bits per heavy atom.